The van der Waals surface area contributed by atoms with Gasteiger partial charge in [0.25, 0.3) is 5.91 Å². The molecule has 0 radical (unpaired) electrons. The van der Waals surface area contributed by atoms with Gasteiger partial charge < -0.3 is 20.1 Å². The second-order valence-corrected chi connectivity index (χ2v) is 6.27. The molecule has 0 aliphatic carbocycles. The van der Waals surface area contributed by atoms with E-state index in [4.69, 9.17) is 21.1 Å². The monoisotopic (exact) mass is 432 g/mol. The maximum absolute atomic E-state index is 12.1. The summed E-state index contributed by atoms with van der Waals surface area (Å²) in [6.07, 6.45) is 1.31. The Labute approximate surface area is 178 Å². The molecular formula is C20H21ClN4O5. The highest BCUT2D eigenvalue weighted by Gasteiger charge is 2.11. The summed E-state index contributed by atoms with van der Waals surface area (Å²) in [4.78, 5) is 35.3. The molecule has 3 amide bonds. The third-order valence-electron chi connectivity index (χ3n) is 3.55. The van der Waals surface area contributed by atoms with Crippen LogP contribution in [0.1, 0.15) is 5.56 Å². The first kappa shape index (κ1) is 22.9. The fraction of sp³-hybridized carbons (Fsp3) is 0.200. The molecule has 0 spiro atoms. The number of hydrogen-bond donors (Lipinski definition) is 3. The van der Waals surface area contributed by atoms with Crippen LogP contribution in [0.3, 0.4) is 0 Å². The number of hydrazone groups is 1. The number of carbonyl (C=O) groups is 3. The molecule has 0 aromatic heterocycles. The maximum Gasteiger partial charge on any atom is 0.329 e. The molecule has 0 atom stereocenters. The average Bonchev–Trinajstić information content (AvgIpc) is 2.73. The molecule has 9 nitrogen and oxygen atoms in total. The number of carbonyl (C=O) groups excluding carboxylic acids is 3. The highest BCUT2D eigenvalue weighted by atomic mass is 35.5. The van der Waals surface area contributed by atoms with E-state index >= 15 is 0 Å². The van der Waals surface area contributed by atoms with E-state index in [0.717, 1.165) is 0 Å². The first-order valence-corrected chi connectivity index (χ1v) is 9.25. The summed E-state index contributed by atoms with van der Waals surface area (Å²) in [5, 5.41) is 9.29. The zero-order chi connectivity index (χ0) is 21.8. The molecule has 10 heteroatoms. The number of nitrogens with zero attached hydrogens (tertiary/aromatic N) is 1. The van der Waals surface area contributed by atoms with Gasteiger partial charge >= 0.3 is 11.8 Å². The molecule has 0 aliphatic rings. The van der Waals surface area contributed by atoms with Crippen LogP contribution in [0.4, 0.5) is 5.69 Å². The molecule has 0 saturated carbocycles. The van der Waals surface area contributed by atoms with Gasteiger partial charge in [0.15, 0.2) is 6.61 Å². The van der Waals surface area contributed by atoms with Gasteiger partial charge in [-0.3, -0.25) is 14.4 Å². The van der Waals surface area contributed by atoms with Gasteiger partial charge in [0, 0.05) is 29.9 Å². The minimum absolute atomic E-state index is 0.209. The Morgan fingerprint density at radius 2 is 1.90 bits per heavy atom. The molecule has 0 heterocycles. The Kier molecular flexibility index (Phi) is 9.29. The summed E-state index contributed by atoms with van der Waals surface area (Å²) in [6, 6.07) is 13.5. The van der Waals surface area contributed by atoms with Gasteiger partial charge in [0.2, 0.25) is 0 Å². The van der Waals surface area contributed by atoms with Crippen LogP contribution in [-0.2, 0) is 19.1 Å². The van der Waals surface area contributed by atoms with Crippen molar-refractivity contribution in [2.24, 2.45) is 5.10 Å². The van der Waals surface area contributed by atoms with Crippen molar-refractivity contribution in [2.75, 3.05) is 32.2 Å². The van der Waals surface area contributed by atoms with Gasteiger partial charge in [0.1, 0.15) is 5.75 Å². The number of hydrogen-bond acceptors (Lipinski definition) is 6. The zero-order valence-electron chi connectivity index (χ0n) is 16.2. The van der Waals surface area contributed by atoms with Gasteiger partial charge in [-0.05, 0) is 30.3 Å². The van der Waals surface area contributed by atoms with Crippen molar-refractivity contribution in [3.05, 3.63) is 59.1 Å². The quantitative estimate of drug-likeness (QED) is 0.240. The van der Waals surface area contributed by atoms with Gasteiger partial charge in [0.05, 0.1) is 12.8 Å². The van der Waals surface area contributed by atoms with Crippen molar-refractivity contribution < 1.29 is 23.9 Å². The molecule has 0 fully saturated rings. The highest BCUT2D eigenvalue weighted by molar-refractivity contribution is 6.35. The molecular weight excluding hydrogens is 412 g/mol. The van der Waals surface area contributed by atoms with Crippen LogP contribution in [0.2, 0.25) is 5.02 Å². The lowest BCUT2D eigenvalue weighted by Gasteiger charge is -2.09. The third kappa shape index (κ3) is 7.90. The molecule has 2 aromatic rings. The largest absolute Gasteiger partial charge is 0.483 e. The fourth-order valence-electron chi connectivity index (χ4n) is 2.18. The average molecular weight is 433 g/mol. The highest BCUT2D eigenvalue weighted by Crippen LogP contribution is 2.17. The third-order valence-corrected chi connectivity index (χ3v) is 3.79. The Hall–Kier alpha value is -3.43. The van der Waals surface area contributed by atoms with E-state index in [1.165, 1.54) is 13.3 Å². The van der Waals surface area contributed by atoms with Gasteiger partial charge in [-0.2, -0.15) is 5.10 Å². The van der Waals surface area contributed by atoms with E-state index in [2.05, 4.69) is 21.2 Å². The summed E-state index contributed by atoms with van der Waals surface area (Å²) in [6.45, 7) is 0.254. The molecule has 30 heavy (non-hydrogen) atoms. The van der Waals surface area contributed by atoms with Crippen molar-refractivity contribution in [2.45, 2.75) is 0 Å². The second-order valence-electron chi connectivity index (χ2n) is 5.83. The van der Waals surface area contributed by atoms with E-state index in [9.17, 15) is 14.4 Å². The molecule has 2 aromatic carbocycles. The van der Waals surface area contributed by atoms with Crippen molar-refractivity contribution in [1.82, 2.24) is 10.7 Å². The molecule has 0 bridgehead atoms. The van der Waals surface area contributed by atoms with Crippen LogP contribution in [0.25, 0.3) is 0 Å². The lowest BCUT2D eigenvalue weighted by atomic mass is 10.2. The van der Waals surface area contributed by atoms with Crippen LogP contribution in [0, 0.1) is 0 Å². The summed E-state index contributed by atoms with van der Waals surface area (Å²) in [7, 11) is 1.48. The number of methoxy groups -OCH3 is 1. The number of amides is 3. The zero-order valence-corrected chi connectivity index (χ0v) is 16.9. The predicted molar refractivity (Wildman–Crippen MR) is 113 cm³/mol. The topological polar surface area (TPSA) is 118 Å². The van der Waals surface area contributed by atoms with E-state index < -0.39 is 11.8 Å². The fourth-order valence-corrected chi connectivity index (χ4v) is 2.37. The Morgan fingerprint density at radius 3 is 2.67 bits per heavy atom. The number of benzene rings is 2. The van der Waals surface area contributed by atoms with Gasteiger partial charge in [-0.25, -0.2) is 5.43 Å². The van der Waals surface area contributed by atoms with Crippen LogP contribution in [0.5, 0.6) is 5.75 Å². The molecule has 0 saturated heterocycles. The lowest BCUT2D eigenvalue weighted by Crippen LogP contribution is -2.39. The Morgan fingerprint density at radius 1 is 1.10 bits per heavy atom. The minimum Gasteiger partial charge on any atom is -0.483 e. The summed E-state index contributed by atoms with van der Waals surface area (Å²) < 4.78 is 10.3. The summed E-state index contributed by atoms with van der Waals surface area (Å²) in [5.74, 6) is -1.74. The van der Waals surface area contributed by atoms with E-state index in [1.807, 2.05) is 0 Å². The lowest BCUT2D eigenvalue weighted by molar-refractivity contribution is -0.139. The normalized spacial score (nSPS) is 10.5. The number of ether oxygens (including phenoxy) is 2. The SMILES string of the molecule is COCCNC(=O)C(=O)N/N=C\c1ccccc1OCC(=O)Nc1cccc(Cl)c1. The van der Waals surface area contributed by atoms with E-state index in [1.54, 1.807) is 48.5 Å². The summed E-state index contributed by atoms with van der Waals surface area (Å²) in [5.41, 5.74) is 3.18. The van der Waals surface area contributed by atoms with Crippen molar-refractivity contribution in [3.63, 3.8) is 0 Å². The number of para-hydroxylation sites is 1. The Balaban J connectivity index is 1.87. The number of halogens is 1. The standard InChI is InChI=1S/C20H21ClN4O5/c1-29-10-9-22-19(27)20(28)25-23-12-14-5-2-3-8-17(14)30-13-18(26)24-16-7-4-6-15(21)11-16/h2-8,11-12H,9-10,13H2,1H3,(H,22,27)(H,24,26)(H,25,28)/b23-12-. The minimum atomic E-state index is -0.915. The second kappa shape index (κ2) is 12.2. The molecule has 0 aliphatic heterocycles. The first-order valence-electron chi connectivity index (χ1n) is 8.87. The number of rotatable bonds is 9. The number of anilines is 1. The van der Waals surface area contributed by atoms with E-state index in [-0.39, 0.29) is 25.7 Å². The first-order chi connectivity index (χ1) is 14.5. The smallest absolute Gasteiger partial charge is 0.329 e. The van der Waals surface area contributed by atoms with Crippen LogP contribution in [0.15, 0.2) is 53.6 Å². The van der Waals surface area contributed by atoms with Crippen molar-refractivity contribution in [3.8, 4) is 5.75 Å². The molecule has 158 valence electrons. The Bertz CT molecular complexity index is 920. The van der Waals surface area contributed by atoms with Crippen molar-refractivity contribution >= 4 is 41.2 Å². The van der Waals surface area contributed by atoms with Gasteiger partial charge in [-0.1, -0.05) is 29.8 Å². The van der Waals surface area contributed by atoms with Crippen molar-refractivity contribution in [1.29, 1.82) is 0 Å². The van der Waals surface area contributed by atoms with E-state index in [0.29, 0.717) is 22.0 Å². The molecule has 0 unspecified atom stereocenters. The van der Waals surface area contributed by atoms with Crippen LogP contribution in [-0.4, -0.2) is 50.8 Å². The van der Waals surface area contributed by atoms with Gasteiger partial charge in [-0.15, -0.1) is 0 Å². The van der Waals surface area contributed by atoms with Crippen LogP contribution < -0.4 is 20.8 Å². The predicted octanol–water partition coefficient (Wildman–Crippen LogP) is 1.57. The summed E-state index contributed by atoms with van der Waals surface area (Å²) >= 11 is 5.89. The van der Waals surface area contributed by atoms with Crippen LogP contribution >= 0.6 is 11.6 Å². The maximum atomic E-state index is 12.1. The molecule has 3 N–H and O–H groups in total. The molecule has 2 rings (SSSR count). The number of nitrogens with one attached hydrogen (secondary N) is 3.